The Kier molecular flexibility index (Phi) is 2.69. The average Bonchev–Trinajstić information content (AvgIpc) is 2.46. The van der Waals surface area contributed by atoms with Crippen LogP contribution in [0.1, 0.15) is 53.4 Å². The molecule has 2 aliphatic rings. The smallest absolute Gasteiger partial charge is 0.161 e. The molecule has 0 aliphatic heterocycles. The number of carbonyl (C=O) groups excluding carboxylic acids is 1. The summed E-state index contributed by atoms with van der Waals surface area (Å²) in [6, 6.07) is 0. The molecule has 0 saturated heterocycles. The van der Waals surface area contributed by atoms with Gasteiger partial charge in [-0.15, -0.1) is 0 Å². The van der Waals surface area contributed by atoms with Crippen molar-refractivity contribution in [2.75, 3.05) is 0 Å². The number of hydrogen-bond donors (Lipinski definition) is 1. The molecule has 0 heterocycles. The van der Waals surface area contributed by atoms with Crippen LogP contribution in [0.25, 0.3) is 0 Å². The van der Waals surface area contributed by atoms with Gasteiger partial charge in [0.25, 0.3) is 0 Å². The van der Waals surface area contributed by atoms with E-state index in [0.717, 1.165) is 12.8 Å². The Hall–Kier alpha value is -0.370. The lowest BCUT2D eigenvalue weighted by Gasteiger charge is -2.48. The van der Waals surface area contributed by atoms with Crippen LogP contribution in [0.3, 0.4) is 0 Å². The molecule has 0 bridgehead atoms. The van der Waals surface area contributed by atoms with E-state index in [1.165, 1.54) is 6.42 Å². The third kappa shape index (κ3) is 1.71. The molecule has 2 heteroatoms. The quantitative estimate of drug-likeness (QED) is 0.743. The first-order chi connectivity index (χ1) is 7.26. The predicted molar refractivity (Wildman–Crippen MR) is 64.0 cm³/mol. The number of fused-ring (bicyclic) bond motifs is 1. The van der Waals surface area contributed by atoms with Crippen molar-refractivity contribution in [3.05, 3.63) is 0 Å². The zero-order chi connectivity index (χ0) is 12.1. The van der Waals surface area contributed by atoms with Gasteiger partial charge >= 0.3 is 0 Å². The van der Waals surface area contributed by atoms with Gasteiger partial charge in [0.2, 0.25) is 0 Å². The Morgan fingerprint density at radius 1 is 1.31 bits per heavy atom. The summed E-state index contributed by atoms with van der Waals surface area (Å²) in [6.45, 7) is 8.19. The molecule has 0 aromatic rings. The predicted octanol–water partition coefficient (Wildman–Crippen LogP) is 2.79. The molecule has 16 heavy (non-hydrogen) atoms. The van der Waals surface area contributed by atoms with Gasteiger partial charge in [-0.05, 0) is 49.4 Å². The van der Waals surface area contributed by atoms with Crippen LogP contribution < -0.4 is 0 Å². The van der Waals surface area contributed by atoms with E-state index < -0.39 is 5.60 Å². The van der Waals surface area contributed by atoms with Gasteiger partial charge in [-0.2, -0.15) is 0 Å². The fourth-order valence-electron chi connectivity index (χ4n) is 4.16. The second-order valence-electron chi connectivity index (χ2n) is 6.85. The second kappa shape index (κ2) is 3.56. The molecule has 0 unspecified atom stereocenters. The van der Waals surface area contributed by atoms with E-state index in [0.29, 0.717) is 18.3 Å². The van der Waals surface area contributed by atoms with E-state index in [1.54, 1.807) is 6.92 Å². The standard InChI is InChI=1S/C14H24O2/c1-9-5-6-12-11(9)7-13(3,4)8-14(12,16)10(2)15/h9,11-12,16H,5-8H2,1-4H3/t9-,11+,12-,14-/m1/s1. The molecule has 2 saturated carbocycles. The Balaban J connectivity index is 2.35. The highest BCUT2D eigenvalue weighted by Gasteiger charge is 2.56. The van der Waals surface area contributed by atoms with Crippen LogP contribution >= 0.6 is 0 Å². The van der Waals surface area contributed by atoms with E-state index in [9.17, 15) is 9.90 Å². The molecule has 2 rings (SSSR count). The first-order valence-corrected chi connectivity index (χ1v) is 6.50. The van der Waals surface area contributed by atoms with Crippen LogP contribution in [0.2, 0.25) is 0 Å². The molecule has 2 fully saturated rings. The van der Waals surface area contributed by atoms with E-state index in [4.69, 9.17) is 0 Å². The molecule has 2 nitrogen and oxygen atoms in total. The molecule has 0 radical (unpaired) electrons. The summed E-state index contributed by atoms with van der Waals surface area (Å²) in [7, 11) is 0. The summed E-state index contributed by atoms with van der Waals surface area (Å²) in [5, 5.41) is 10.7. The van der Waals surface area contributed by atoms with Crippen LogP contribution in [-0.4, -0.2) is 16.5 Å². The molecule has 0 aromatic heterocycles. The second-order valence-corrected chi connectivity index (χ2v) is 6.85. The van der Waals surface area contributed by atoms with Crippen LogP contribution in [0, 0.1) is 23.2 Å². The largest absolute Gasteiger partial charge is 0.382 e. The summed E-state index contributed by atoms with van der Waals surface area (Å²) in [5.41, 5.74) is -0.947. The molecule has 0 amide bonds. The SMILES string of the molecule is CC(=O)[C@]1(O)CC(C)(C)C[C@H]2[C@H](C)CC[C@H]21. The van der Waals surface area contributed by atoms with Crippen molar-refractivity contribution >= 4 is 5.78 Å². The maximum absolute atomic E-state index is 11.8. The normalized spacial score (nSPS) is 46.4. The van der Waals surface area contributed by atoms with Gasteiger partial charge in [-0.3, -0.25) is 4.79 Å². The average molecular weight is 224 g/mol. The molecule has 4 atom stereocenters. The van der Waals surface area contributed by atoms with Crippen molar-refractivity contribution in [2.24, 2.45) is 23.2 Å². The minimum absolute atomic E-state index is 0.0237. The van der Waals surface area contributed by atoms with E-state index in [1.807, 2.05) is 0 Å². The Bertz CT molecular complexity index is 308. The molecule has 2 aliphatic carbocycles. The van der Waals surface area contributed by atoms with E-state index in [-0.39, 0.29) is 17.1 Å². The van der Waals surface area contributed by atoms with Gasteiger partial charge in [-0.25, -0.2) is 0 Å². The number of Topliss-reactive ketones (excluding diaryl/α,β-unsaturated/α-hetero) is 1. The molecular weight excluding hydrogens is 200 g/mol. The molecule has 1 N–H and O–H groups in total. The van der Waals surface area contributed by atoms with Crippen molar-refractivity contribution in [1.29, 1.82) is 0 Å². The number of hydrogen-bond acceptors (Lipinski definition) is 2. The monoisotopic (exact) mass is 224 g/mol. The van der Waals surface area contributed by atoms with Crippen molar-refractivity contribution in [3.63, 3.8) is 0 Å². The van der Waals surface area contributed by atoms with Gasteiger partial charge in [0.15, 0.2) is 5.78 Å². The van der Waals surface area contributed by atoms with Crippen molar-refractivity contribution in [2.45, 2.75) is 59.0 Å². The first kappa shape index (κ1) is 12.1. The number of aliphatic hydroxyl groups is 1. The highest BCUT2D eigenvalue weighted by molar-refractivity contribution is 5.85. The Morgan fingerprint density at radius 3 is 2.50 bits per heavy atom. The summed E-state index contributed by atoms with van der Waals surface area (Å²) in [4.78, 5) is 11.8. The lowest BCUT2D eigenvalue weighted by molar-refractivity contribution is -0.157. The molecular formula is C14H24O2. The lowest BCUT2D eigenvalue weighted by Crippen LogP contribution is -2.53. The number of ketones is 1. The van der Waals surface area contributed by atoms with Crippen LogP contribution in [0.15, 0.2) is 0 Å². The summed E-state index contributed by atoms with van der Waals surface area (Å²) >= 11 is 0. The maximum Gasteiger partial charge on any atom is 0.161 e. The zero-order valence-corrected chi connectivity index (χ0v) is 10.9. The fourth-order valence-corrected chi connectivity index (χ4v) is 4.16. The van der Waals surface area contributed by atoms with Crippen molar-refractivity contribution in [1.82, 2.24) is 0 Å². The highest BCUT2D eigenvalue weighted by atomic mass is 16.3. The van der Waals surface area contributed by atoms with E-state index in [2.05, 4.69) is 20.8 Å². The minimum atomic E-state index is -1.04. The summed E-state index contributed by atoms with van der Waals surface area (Å²) in [6.07, 6.45) is 4.00. The summed E-state index contributed by atoms with van der Waals surface area (Å²) < 4.78 is 0. The first-order valence-electron chi connectivity index (χ1n) is 6.50. The minimum Gasteiger partial charge on any atom is -0.382 e. The number of rotatable bonds is 1. The molecule has 0 spiro atoms. The molecule has 0 aromatic carbocycles. The third-order valence-electron chi connectivity index (χ3n) is 4.94. The van der Waals surface area contributed by atoms with Gasteiger partial charge in [0, 0.05) is 0 Å². The van der Waals surface area contributed by atoms with Crippen LogP contribution in [0.4, 0.5) is 0 Å². The van der Waals surface area contributed by atoms with Crippen LogP contribution in [0.5, 0.6) is 0 Å². The Labute approximate surface area is 98.4 Å². The summed E-state index contributed by atoms with van der Waals surface area (Å²) in [5.74, 6) is 1.39. The zero-order valence-electron chi connectivity index (χ0n) is 10.9. The van der Waals surface area contributed by atoms with Gasteiger partial charge < -0.3 is 5.11 Å². The highest BCUT2D eigenvalue weighted by Crippen LogP contribution is 2.56. The van der Waals surface area contributed by atoms with Crippen molar-refractivity contribution in [3.8, 4) is 0 Å². The van der Waals surface area contributed by atoms with Gasteiger partial charge in [0.1, 0.15) is 5.60 Å². The topological polar surface area (TPSA) is 37.3 Å². The third-order valence-corrected chi connectivity index (χ3v) is 4.94. The maximum atomic E-state index is 11.8. The fraction of sp³-hybridized carbons (Fsp3) is 0.929. The van der Waals surface area contributed by atoms with Crippen LogP contribution in [-0.2, 0) is 4.79 Å². The van der Waals surface area contributed by atoms with Gasteiger partial charge in [-0.1, -0.05) is 27.2 Å². The number of carbonyl (C=O) groups is 1. The van der Waals surface area contributed by atoms with E-state index >= 15 is 0 Å². The van der Waals surface area contributed by atoms with Gasteiger partial charge in [0.05, 0.1) is 0 Å². The molecule has 92 valence electrons. The lowest BCUT2D eigenvalue weighted by atomic mass is 9.58. The Morgan fingerprint density at radius 2 is 1.94 bits per heavy atom. The van der Waals surface area contributed by atoms with Crippen molar-refractivity contribution < 1.29 is 9.90 Å².